The number of benzene rings is 2. The van der Waals surface area contributed by atoms with Crippen LogP contribution in [0.4, 0.5) is 0 Å². The Kier molecular flexibility index (Phi) is 5.82. The molecule has 0 unspecified atom stereocenters. The summed E-state index contributed by atoms with van der Waals surface area (Å²) in [6.45, 7) is 4.18. The lowest BCUT2D eigenvalue weighted by Crippen LogP contribution is -2.30. The molecule has 4 aromatic rings. The molecular weight excluding hydrogens is 424 g/mol. The fraction of sp³-hybridized carbons (Fsp3) is 0.261. The molecule has 2 amide bonds. The largest absolute Gasteiger partial charge is 0.368 e. The summed E-state index contributed by atoms with van der Waals surface area (Å²) in [6.07, 6.45) is 0. The molecule has 0 aliphatic carbocycles. The molecule has 0 spiro atoms. The number of aromatic nitrogens is 4. The van der Waals surface area contributed by atoms with Crippen molar-refractivity contribution in [3.8, 4) is 0 Å². The average Bonchev–Trinajstić information content (AvgIpc) is 3.10. The quantitative estimate of drug-likeness (QED) is 0.430. The van der Waals surface area contributed by atoms with E-state index in [1.807, 2.05) is 44.2 Å². The second-order valence-electron chi connectivity index (χ2n) is 8.25. The molecule has 170 valence electrons. The van der Waals surface area contributed by atoms with Crippen LogP contribution in [0, 0.1) is 5.92 Å². The minimum Gasteiger partial charge on any atom is -0.368 e. The molecule has 0 atom stereocenters. The maximum atomic E-state index is 13.4. The zero-order valence-electron chi connectivity index (χ0n) is 18.3. The highest BCUT2D eigenvalue weighted by Gasteiger charge is 2.20. The van der Waals surface area contributed by atoms with Crippen LogP contribution < -0.4 is 22.3 Å². The van der Waals surface area contributed by atoms with E-state index in [0.29, 0.717) is 12.1 Å². The van der Waals surface area contributed by atoms with Crippen molar-refractivity contribution in [1.29, 1.82) is 0 Å². The molecule has 0 aliphatic heterocycles. The van der Waals surface area contributed by atoms with Crippen molar-refractivity contribution >= 4 is 28.5 Å². The SMILES string of the molecule is CC(C)CNC(=O)c1ccc2c(=O)n(Cc3ccccc3)c3nn(CC(N)=O)c(=O)n3c2c1. The number of hydrogen-bond donors (Lipinski definition) is 2. The molecule has 2 aromatic carbocycles. The van der Waals surface area contributed by atoms with Crippen molar-refractivity contribution in [2.75, 3.05) is 6.54 Å². The van der Waals surface area contributed by atoms with Crippen molar-refractivity contribution in [2.45, 2.75) is 26.9 Å². The summed E-state index contributed by atoms with van der Waals surface area (Å²) in [5.74, 6) is -0.733. The van der Waals surface area contributed by atoms with E-state index in [-0.39, 0.29) is 40.6 Å². The molecule has 0 bridgehead atoms. The van der Waals surface area contributed by atoms with E-state index >= 15 is 0 Å². The standard InChI is InChI=1S/C23H24N6O4/c1-14(2)11-25-20(31)16-8-9-17-18(10-16)29-22(26-28(23(29)33)13-19(24)30)27(21(17)32)12-15-6-4-3-5-7-15/h3-10,14H,11-13H2,1-2H3,(H2,24,30)(H,25,31). The smallest absolute Gasteiger partial charge is 0.352 e. The van der Waals surface area contributed by atoms with Crippen LogP contribution >= 0.6 is 0 Å². The number of nitrogens with two attached hydrogens (primary N) is 1. The number of carbonyl (C=O) groups is 2. The van der Waals surface area contributed by atoms with Crippen molar-refractivity contribution in [2.24, 2.45) is 11.7 Å². The van der Waals surface area contributed by atoms with Crippen LogP contribution in [-0.2, 0) is 17.9 Å². The van der Waals surface area contributed by atoms with Gasteiger partial charge in [0.1, 0.15) is 6.54 Å². The fourth-order valence-electron chi connectivity index (χ4n) is 3.61. The predicted octanol–water partition coefficient (Wildman–Crippen LogP) is 0.730. The van der Waals surface area contributed by atoms with Crippen LogP contribution in [0.3, 0.4) is 0 Å². The van der Waals surface area contributed by atoms with E-state index in [0.717, 1.165) is 10.2 Å². The van der Waals surface area contributed by atoms with E-state index in [1.54, 1.807) is 6.07 Å². The molecule has 2 heterocycles. The highest BCUT2D eigenvalue weighted by molar-refractivity contribution is 5.98. The predicted molar refractivity (Wildman–Crippen MR) is 123 cm³/mol. The Labute approximate surface area is 188 Å². The maximum Gasteiger partial charge on any atom is 0.352 e. The number of primary amides is 1. The summed E-state index contributed by atoms with van der Waals surface area (Å²) >= 11 is 0. The highest BCUT2D eigenvalue weighted by Crippen LogP contribution is 2.15. The summed E-state index contributed by atoms with van der Waals surface area (Å²) < 4.78 is 3.53. The molecule has 10 nitrogen and oxygen atoms in total. The summed E-state index contributed by atoms with van der Waals surface area (Å²) in [6, 6.07) is 13.8. The Morgan fingerprint density at radius 2 is 1.82 bits per heavy atom. The lowest BCUT2D eigenvalue weighted by molar-refractivity contribution is -0.118. The molecular formula is C23H24N6O4. The first-order chi connectivity index (χ1) is 15.8. The number of carbonyl (C=O) groups excluding carboxylic acids is 2. The van der Waals surface area contributed by atoms with E-state index in [4.69, 9.17) is 5.73 Å². The summed E-state index contributed by atoms with van der Waals surface area (Å²) in [5.41, 5.74) is 5.65. The van der Waals surface area contributed by atoms with E-state index in [1.165, 1.54) is 21.1 Å². The van der Waals surface area contributed by atoms with Crippen molar-refractivity contribution < 1.29 is 9.59 Å². The molecule has 10 heteroatoms. The molecule has 33 heavy (non-hydrogen) atoms. The summed E-state index contributed by atoms with van der Waals surface area (Å²) in [4.78, 5) is 50.6. The maximum absolute atomic E-state index is 13.4. The third kappa shape index (κ3) is 4.27. The molecule has 0 aliphatic rings. The van der Waals surface area contributed by atoms with Gasteiger partial charge in [-0.25, -0.2) is 13.9 Å². The zero-order chi connectivity index (χ0) is 23.7. The van der Waals surface area contributed by atoms with E-state index in [2.05, 4.69) is 10.4 Å². The van der Waals surface area contributed by atoms with Gasteiger partial charge in [-0.05, 0) is 29.7 Å². The lowest BCUT2D eigenvalue weighted by Gasteiger charge is -2.11. The minimum absolute atomic E-state index is 0.0577. The molecule has 2 aromatic heterocycles. The second-order valence-corrected chi connectivity index (χ2v) is 8.25. The van der Waals surface area contributed by atoms with Gasteiger partial charge in [-0.1, -0.05) is 44.2 Å². The van der Waals surface area contributed by atoms with Gasteiger partial charge < -0.3 is 11.1 Å². The van der Waals surface area contributed by atoms with Crippen LogP contribution in [0.15, 0.2) is 58.1 Å². The lowest BCUT2D eigenvalue weighted by atomic mass is 10.1. The Hall–Kier alpha value is -4.21. The third-order valence-electron chi connectivity index (χ3n) is 5.20. The first kappa shape index (κ1) is 22.0. The molecule has 3 N–H and O–H groups in total. The molecule has 0 fully saturated rings. The highest BCUT2D eigenvalue weighted by atomic mass is 16.2. The average molecular weight is 448 g/mol. The fourth-order valence-corrected chi connectivity index (χ4v) is 3.61. The normalized spacial score (nSPS) is 11.4. The number of nitrogens with zero attached hydrogens (tertiary/aromatic N) is 4. The Morgan fingerprint density at radius 3 is 2.48 bits per heavy atom. The van der Waals surface area contributed by atoms with Crippen LogP contribution in [0.25, 0.3) is 16.7 Å². The van der Waals surface area contributed by atoms with Gasteiger partial charge in [-0.15, -0.1) is 5.10 Å². The number of hydrogen-bond acceptors (Lipinski definition) is 5. The topological polar surface area (TPSA) is 133 Å². The number of fused-ring (bicyclic) bond motifs is 3. The van der Waals surface area contributed by atoms with Crippen LogP contribution in [0.5, 0.6) is 0 Å². The van der Waals surface area contributed by atoms with E-state index in [9.17, 15) is 19.2 Å². The van der Waals surface area contributed by atoms with Gasteiger partial charge >= 0.3 is 5.69 Å². The van der Waals surface area contributed by atoms with E-state index < -0.39 is 18.1 Å². The Bertz CT molecular complexity index is 1480. The number of nitrogens with one attached hydrogen (secondary N) is 1. The van der Waals surface area contributed by atoms with Gasteiger partial charge in [0.25, 0.3) is 11.5 Å². The Balaban J connectivity index is 1.97. The van der Waals surface area contributed by atoms with Gasteiger partial charge in [0.05, 0.1) is 17.4 Å². The molecule has 4 rings (SSSR count). The van der Waals surface area contributed by atoms with Crippen LogP contribution in [0.1, 0.15) is 29.8 Å². The van der Waals surface area contributed by atoms with Gasteiger partial charge in [0.2, 0.25) is 11.7 Å². The summed E-state index contributed by atoms with van der Waals surface area (Å²) in [7, 11) is 0. The number of amides is 2. The molecule has 0 radical (unpaired) electrons. The third-order valence-corrected chi connectivity index (χ3v) is 5.20. The Morgan fingerprint density at radius 1 is 1.09 bits per heavy atom. The second kappa shape index (κ2) is 8.73. The van der Waals surface area contributed by atoms with Gasteiger partial charge in [0.15, 0.2) is 0 Å². The van der Waals surface area contributed by atoms with Crippen LogP contribution in [-0.4, -0.2) is 37.1 Å². The van der Waals surface area contributed by atoms with Crippen molar-refractivity contribution in [3.63, 3.8) is 0 Å². The zero-order valence-corrected chi connectivity index (χ0v) is 18.3. The molecule has 0 saturated carbocycles. The number of rotatable bonds is 7. The van der Waals surface area contributed by atoms with Gasteiger partial charge in [-0.3, -0.25) is 19.0 Å². The van der Waals surface area contributed by atoms with Gasteiger partial charge in [-0.2, -0.15) is 0 Å². The first-order valence-electron chi connectivity index (χ1n) is 10.5. The van der Waals surface area contributed by atoms with Gasteiger partial charge in [0, 0.05) is 12.1 Å². The van der Waals surface area contributed by atoms with Crippen molar-refractivity contribution in [1.82, 2.24) is 24.1 Å². The summed E-state index contributed by atoms with van der Waals surface area (Å²) in [5, 5.41) is 7.30. The monoisotopic (exact) mass is 448 g/mol. The molecule has 0 saturated heterocycles. The minimum atomic E-state index is -0.740. The van der Waals surface area contributed by atoms with Crippen molar-refractivity contribution in [3.05, 3.63) is 80.5 Å². The first-order valence-corrected chi connectivity index (χ1v) is 10.5. The van der Waals surface area contributed by atoms with Crippen LogP contribution in [0.2, 0.25) is 0 Å².